The zero-order valence-electron chi connectivity index (χ0n) is 10.7. The molecule has 2 aliphatic rings. The first-order valence-electron chi connectivity index (χ1n) is 6.28. The summed E-state index contributed by atoms with van der Waals surface area (Å²) in [6, 6.07) is 1.38. The molecule has 112 valence electrons. The van der Waals surface area contributed by atoms with E-state index in [4.69, 9.17) is 16.7 Å². The van der Waals surface area contributed by atoms with Crippen LogP contribution in [0.3, 0.4) is 0 Å². The Hall–Kier alpha value is -1.54. The molecule has 0 saturated carbocycles. The second-order valence-corrected chi connectivity index (χ2v) is 6.38. The second kappa shape index (κ2) is 4.74. The quantitative estimate of drug-likeness (QED) is 0.716. The summed E-state index contributed by atoms with van der Waals surface area (Å²) in [5.74, 6) is -0.461. The van der Waals surface area contributed by atoms with Crippen molar-refractivity contribution in [3.63, 3.8) is 0 Å². The summed E-state index contributed by atoms with van der Waals surface area (Å²) in [5, 5.41) is 12.1. The molecule has 3 rings (SSSR count). The number of amides is 2. The summed E-state index contributed by atoms with van der Waals surface area (Å²) >= 11 is 9.19. The molecule has 9 heteroatoms. The maximum atomic E-state index is 12.4. The van der Waals surface area contributed by atoms with Crippen LogP contribution >= 0.6 is 27.5 Å². The standard InChI is InChI=1S/C12H11BrClN3O4/c13-6-4-7(14)8-9(18)15-12(17(8)10(6)19)2-1-3-16(5-12)11(20)21/h4H,1-3,5H2,(H,15,18)(H,20,21). The lowest BCUT2D eigenvalue weighted by molar-refractivity contribution is 0.0634. The Bertz CT molecular complexity index is 719. The zero-order valence-corrected chi connectivity index (χ0v) is 13.1. The minimum Gasteiger partial charge on any atom is -0.465 e. The highest BCUT2D eigenvalue weighted by Gasteiger charge is 2.48. The molecule has 1 fully saturated rings. The molecule has 2 amide bonds. The summed E-state index contributed by atoms with van der Waals surface area (Å²) < 4.78 is 1.52. The summed E-state index contributed by atoms with van der Waals surface area (Å²) in [4.78, 5) is 37.0. The summed E-state index contributed by atoms with van der Waals surface area (Å²) in [5.41, 5.74) is -1.38. The van der Waals surface area contributed by atoms with Gasteiger partial charge in [-0.3, -0.25) is 14.2 Å². The number of carboxylic acid groups (broad SMARTS) is 1. The van der Waals surface area contributed by atoms with Gasteiger partial charge in [0.25, 0.3) is 11.5 Å². The molecule has 1 aromatic rings. The van der Waals surface area contributed by atoms with E-state index in [1.165, 1.54) is 15.5 Å². The van der Waals surface area contributed by atoms with Crippen LogP contribution in [0.15, 0.2) is 15.3 Å². The van der Waals surface area contributed by atoms with E-state index in [1.807, 2.05) is 0 Å². The van der Waals surface area contributed by atoms with Gasteiger partial charge in [-0.05, 0) is 34.8 Å². The van der Waals surface area contributed by atoms with Gasteiger partial charge in [-0.1, -0.05) is 11.6 Å². The van der Waals surface area contributed by atoms with E-state index >= 15 is 0 Å². The Morgan fingerprint density at radius 3 is 2.86 bits per heavy atom. The average molecular weight is 377 g/mol. The predicted molar refractivity (Wildman–Crippen MR) is 77.7 cm³/mol. The maximum absolute atomic E-state index is 12.4. The van der Waals surface area contributed by atoms with Crippen molar-refractivity contribution in [1.82, 2.24) is 14.8 Å². The zero-order chi connectivity index (χ0) is 15.4. The van der Waals surface area contributed by atoms with Crippen LogP contribution in [0.25, 0.3) is 0 Å². The first-order valence-corrected chi connectivity index (χ1v) is 7.45. The third-order valence-corrected chi connectivity index (χ3v) is 4.70. The van der Waals surface area contributed by atoms with Crippen molar-refractivity contribution in [3.05, 3.63) is 31.6 Å². The molecule has 0 bridgehead atoms. The molecule has 21 heavy (non-hydrogen) atoms. The Labute approximate surface area is 132 Å². The van der Waals surface area contributed by atoms with Crippen molar-refractivity contribution in [2.75, 3.05) is 13.1 Å². The molecule has 1 aromatic heterocycles. The highest BCUT2D eigenvalue weighted by molar-refractivity contribution is 9.10. The van der Waals surface area contributed by atoms with Crippen LogP contribution in [0.4, 0.5) is 4.79 Å². The van der Waals surface area contributed by atoms with Gasteiger partial charge in [0.05, 0.1) is 16.0 Å². The number of carbonyl (C=O) groups excluding carboxylic acids is 1. The molecule has 0 radical (unpaired) electrons. The number of hydrogen-bond donors (Lipinski definition) is 2. The van der Waals surface area contributed by atoms with Gasteiger partial charge in [-0.15, -0.1) is 0 Å². The molecule has 1 atom stereocenters. The van der Waals surface area contributed by atoms with E-state index in [0.717, 1.165) is 0 Å². The van der Waals surface area contributed by atoms with Gasteiger partial charge in [-0.25, -0.2) is 4.79 Å². The van der Waals surface area contributed by atoms with E-state index in [0.29, 0.717) is 19.4 Å². The van der Waals surface area contributed by atoms with Gasteiger partial charge in [0.1, 0.15) is 11.4 Å². The van der Waals surface area contributed by atoms with Gasteiger partial charge in [0.2, 0.25) is 0 Å². The first kappa shape index (κ1) is 14.4. The van der Waals surface area contributed by atoms with Crippen LogP contribution in [-0.4, -0.2) is 39.7 Å². The Morgan fingerprint density at radius 2 is 2.19 bits per heavy atom. The molecule has 1 saturated heterocycles. The monoisotopic (exact) mass is 375 g/mol. The SMILES string of the molecule is O=C1NC2(CCCN(C(=O)O)C2)n2c1c(Cl)cc(Br)c2=O. The lowest BCUT2D eigenvalue weighted by Gasteiger charge is -2.40. The molecule has 7 nitrogen and oxygen atoms in total. The summed E-state index contributed by atoms with van der Waals surface area (Å²) in [6.07, 6.45) is -0.0592. The number of aromatic nitrogens is 1. The number of halogens is 2. The Balaban J connectivity index is 2.20. The van der Waals surface area contributed by atoms with Crippen LogP contribution in [0, 0.1) is 0 Å². The Morgan fingerprint density at radius 1 is 1.48 bits per heavy atom. The van der Waals surface area contributed by atoms with Gasteiger partial charge in [-0.2, -0.15) is 0 Å². The lowest BCUT2D eigenvalue weighted by atomic mass is 9.98. The number of likely N-dealkylation sites (tertiary alicyclic amines) is 1. The Kier molecular flexibility index (Phi) is 3.25. The molecule has 1 unspecified atom stereocenters. The molecule has 1 spiro atoms. The van der Waals surface area contributed by atoms with Crippen LogP contribution in [-0.2, 0) is 5.66 Å². The van der Waals surface area contributed by atoms with Crippen molar-refractivity contribution in [1.29, 1.82) is 0 Å². The predicted octanol–water partition coefficient (Wildman–Crippen LogP) is 1.43. The number of piperidine rings is 1. The van der Waals surface area contributed by atoms with E-state index in [-0.39, 0.29) is 21.7 Å². The third-order valence-electron chi connectivity index (χ3n) is 3.84. The fraction of sp³-hybridized carbons (Fsp3) is 0.417. The van der Waals surface area contributed by atoms with Crippen molar-refractivity contribution in [2.24, 2.45) is 0 Å². The first-order chi connectivity index (χ1) is 9.85. The summed E-state index contributed by atoms with van der Waals surface area (Å²) in [7, 11) is 0. The number of nitrogens with one attached hydrogen (secondary N) is 1. The van der Waals surface area contributed by atoms with Gasteiger partial charge in [0.15, 0.2) is 0 Å². The van der Waals surface area contributed by atoms with Gasteiger partial charge >= 0.3 is 6.09 Å². The molecule has 3 heterocycles. The molecular formula is C12H11BrClN3O4. The highest BCUT2D eigenvalue weighted by Crippen LogP contribution is 2.34. The highest BCUT2D eigenvalue weighted by atomic mass is 79.9. The van der Waals surface area contributed by atoms with E-state index in [9.17, 15) is 14.4 Å². The number of carbonyl (C=O) groups is 2. The van der Waals surface area contributed by atoms with Gasteiger partial charge in [0, 0.05) is 6.54 Å². The molecule has 0 aliphatic carbocycles. The van der Waals surface area contributed by atoms with Gasteiger partial charge < -0.3 is 15.3 Å². The topological polar surface area (TPSA) is 91.6 Å². The van der Waals surface area contributed by atoms with Crippen LogP contribution in [0.1, 0.15) is 23.3 Å². The number of nitrogens with zero attached hydrogens (tertiary/aromatic N) is 2. The minimum absolute atomic E-state index is 0.0216. The largest absolute Gasteiger partial charge is 0.465 e. The number of rotatable bonds is 0. The number of hydrogen-bond acceptors (Lipinski definition) is 3. The average Bonchev–Trinajstić information content (AvgIpc) is 2.69. The maximum Gasteiger partial charge on any atom is 0.407 e. The minimum atomic E-state index is -1.08. The van der Waals surface area contributed by atoms with E-state index < -0.39 is 23.2 Å². The third kappa shape index (κ3) is 2.04. The van der Waals surface area contributed by atoms with Crippen molar-refractivity contribution < 1.29 is 14.7 Å². The van der Waals surface area contributed by atoms with E-state index in [2.05, 4.69) is 21.2 Å². The molecule has 2 aliphatic heterocycles. The van der Waals surface area contributed by atoms with Crippen LogP contribution in [0.5, 0.6) is 0 Å². The number of pyridine rings is 1. The van der Waals surface area contributed by atoms with Crippen molar-refractivity contribution in [2.45, 2.75) is 18.5 Å². The normalized spacial score (nSPS) is 24.1. The number of fused-ring (bicyclic) bond motifs is 2. The van der Waals surface area contributed by atoms with Crippen LogP contribution < -0.4 is 10.9 Å². The van der Waals surface area contributed by atoms with Crippen molar-refractivity contribution >= 4 is 39.5 Å². The fourth-order valence-corrected chi connectivity index (χ4v) is 3.80. The molecule has 0 aromatic carbocycles. The lowest BCUT2D eigenvalue weighted by Crippen LogP contribution is -2.58. The second-order valence-electron chi connectivity index (χ2n) is 5.12. The fourth-order valence-electron chi connectivity index (χ4n) is 2.99. The molecule has 2 N–H and O–H groups in total. The molecular weight excluding hydrogens is 366 g/mol. The van der Waals surface area contributed by atoms with E-state index in [1.54, 1.807) is 0 Å². The summed E-state index contributed by atoms with van der Waals surface area (Å²) in [6.45, 7) is 0.395. The van der Waals surface area contributed by atoms with Crippen molar-refractivity contribution in [3.8, 4) is 0 Å². The van der Waals surface area contributed by atoms with Crippen LogP contribution in [0.2, 0.25) is 5.02 Å². The smallest absolute Gasteiger partial charge is 0.407 e.